The number of thiocarbonyl (C=S) groups is 1. The van der Waals surface area contributed by atoms with E-state index in [1.165, 1.54) is 7.11 Å². The van der Waals surface area contributed by atoms with Gasteiger partial charge in [0.05, 0.1) is 7.11 Å². The van der Waals surface area contributed by atoms with Crippen LogP contribution in [-0.4, -0.2) is 29.7 Å². The summed E-state index contributed by atoms with van der Waals surface area (Å²) in [6.45, 7) is 0.782. The topological polar surface area (TPSA) is 63.2 Å². The van der Waals surface area contributed by atoms with Crippen molar-refractivity contribution in [2.45, 2.75) is 25.7 Å². The normalized spacial score (nSPS) is 10.2. The molecule has 128 valence electrons. The number of anilines is 1. The van der Waals surface area contributed by atoms with E-state index in [1.807, 2.05) is 29.6 Å². The van der Waals surface area contributed by atoms with Crippen molar-refractivity contribution in [3.8, 4) is 10.6 Å². The molecule has 0 atom stereocenters. The molecule has 0 saturated heterocycles. The first-order chi connectivity index (χ1) is 11.7. The third-order valence-corrected chi connectivity index (χ3v) is 4.46. The fourth-order valence-electron chi connectivity index (χ4n) is 2.11. The molecule has 0 saturated carbocycles. The second-order valence-corrected chi connectivity index (χ2v) is 6.49. The molecule has 0 aliphatic heterocycles. The van der Waals surface area contributed by atoms with Crippen molar-refractivity contribution < 1.29 is 9.53 Å². The van der Waals surface area contributed by atoms with Crippen LogP contribution in [0.1, 0.15) is 25.7 Å². The van der Waals surface area contributed by atoms with Crippen LogP contribution in [0.5, 0.6) is 0 Å². The summed E-state index contributed by atoms with van der Waals surface area (Å²) in [5.74, 6) is -0.152. The van der Waals surface area contributed by atoms with Crippen LogP contribution in [0.2, 0.25) is 0 Å². The molecule has 0 fully saturated rings. The molecule has 2 rings (SSSR count). The predicted octanol–water partition coefficient (Wildman–Crippen LogP) is 3.83. The maximum absolute atomic E-state index is 11.0. The number of carbonyl (C=O) groups is 1. The maximum Gasteiger partial charge on any atom is 0.305 e. The lowest BCUT2D eigenvalue weighted by molar-refractivity contribution is -0.140. The monoisotopic (exact) mass is 363 g/mol. The molecule has 1 aromatic carbocycles. The maximum atomic E-state index is 11.0. The highest BCUT2D eigenvalue weighted by molar-refractivity contribution is 7.80. The number of hydrogen-bond donors (Lipinski definition) is 2. The highest BCUT2D eigenvalue weighted by Gasteiger charge is 2.02. The SMILES string of the molecule is COC(=O)CCCCCNC(=S)Nc1ccc(-c2nccs2)cc1. The van der Waals surface area contributed by atoms with Crippen LogP contribution in [0.15, 0.2) is 35.8 Å². The van der Waals surface area contributed by atoms with Gasteiger partial charge in [-0.2, -0.15) is 0 Å². The number of thiazole rings is 1. The fraction of sp³-hybridized carbons (Fsp3) is 0.353. The number of benzene rings is 1. The first-order valence-electron chi connectivity index (χ1n) is 7.80. The molecule has 0 aliphatic rings. The molecule has 0 unspecified atom stereocenters. The Morgan fingerprint density at radius 1 is 1.25 bits per heavy atom. The molecular formula is C17H21N3O2S2. The number of aromatic nitrogens is 1. The highest BCUT2D eigenvalue weighted by atomic mass is 32.1. The second kappa shape index (κ2) is 10.00. The Balaban J connectivity index is 1.64. The van der Waals surface area contributed by atoms with Crippen LogP contribution in [0.25, 0.3) is 10.6 Å². The number of carbonyl (C=O) groups excluding carboxylic acids is 1. The summed E-state index contributed by atoms with van der Waals surface area (Å²) in [7, 11) is 1.41. The number of rotatable bonds is 8. The summed E-state index contributed by atoms with van der Waals surface area (Å²) in [5, 5.41) is 9.91. The van der Waals surface area contributed by atoms with Crippen LogP contribution < -0.4 is 10.6 Å². The summed E-state index contributed by atoms with van der Waals surface area (Å²) in [6.07, 6.45) is 5.04. The summed E-state index contributed by atoms with van der Waals surface area (Å²) >= 11 is 6.90. The summed E-state index contributed by atoms with van der Waals surface area (Å²) in [4.78, 5) is 15.3. The molecule has 0 bridgehead atoms. The van der Waals surface area contributed by atoms with Gasteiger partial charge in [0, 0.05) is 35.8 Å². The van der Waals surface area contributed by atoms with Gasteiger partial charge in [-0.3, -0.25) is 4.79 Å². The van der Waals surface area contributed by atoms with Gasteiger partial charge < -0.3 is 15.4 Å². The third kappa shape index (κ3) is 6.25. The summed E-state index contributed by atoms with van der Waals surface area (Å²) in [6, 6.07) is 8.02. The molecule has 0 spiro atoms. The van der Waals surface area contributed by atoms with Crippen molar-refractivity contribution in [2.75, 3.05) is 19.0 Å². The average molecular weight is 364 g/mol. The van der Waals surface area contributed by atoms with Crippen molar-refractivity contribution in [3.05, 3.63) is 35.8 Å². The predicted molar refractivity (Wildman–Crippen MR) is 102 cm³/mol. The number of esters is 1. The van der Waals surface area contributed by atoms with E-state index in [1.54, 1.807) is 17.5 Å². The molecule has 0 radical (unpaired) electrons. The Morgan fingerprint density at radius 3 is 2.71 bits per heavy atom. The largest absolute Gasteiger partial charge is 0.469 e. The molecule has 1 aromatic heterocycles. The number of nitrogens with zero attached hydrogens (tertiary/aromatic N) is 1. The van der Waals surface area contributed by atoms with Gasteiger partial charge in [-0.15, -0.1) is 11.3 Å². The Labute approximate surface area is 151 Å². The number of nitrogens with one attached hydrogen (secondary N) is 2. The van der Waals surface area contributed by atoms with Gasteiger partial charge in [0.1, 0.15) is 5.01 Å². The molecule has 1 heterocycles. The summed E-state index contributed by atoms with van der Waals surface area (Å²) in [5.41, 5.74) is 2.04. The van der Waals surface area contributed by atoms with E-state index in [4.69, 9.17) is 12.2 Å². The Morgan fingerprint density at radius 2 is 2.04 bits per heavy atom. The molecule has 0 amide bonds. The zero-order valence-corrected chi connectivity index (χ0v) is 15.2. The molecule has 7 heteroatoms. The number of unbranched alkanes of at least 4 members (excludes halogenated alkanes) is 2. The first kappa shape index (κ1) is 18.4. The van der Waals surface area contributed by atoms with E-state index in [-0.39, 0.29) is 5.97 Å². The second-order valence-electron chi connectivity index (χ2n) is 5.18. The molecule has 2 N–H and O–H groups in total. The van der Waals surface area contributed by atoms with Crippen molar-refractivity contribution in [2.24, 2.45) is 0 Å². The van der Waals surface area contributed by atoms with Crippen LogP contribution >= 0.6 is 23.6 Å². The van der Waals surface area contributed by atoms with Crippen LogP contribution in [0.3, 0.4) is 0 Å². The number of hydrogen-bond acceptors (Lipinski definition) is 5. The lowest BCUT2D eigenvalue weighted by atomic mass is 10.2. The average Bonchev–Trinajstić information content (AvgIpc) is 3.13. The van der Waals surface area contributed by atoms with E-state index in [0.717, 1.165) is 42.1 Å². The minimum absolute atomic E-state index is 0.152. The van der Waals surface area contributed by atoms with Gasteiger partial charge in [-0.25, -0.2) is 4.98 Å². The lowest BCUT2D eigenvalue weighted by Gasteiger charge is -2.10. The van der Waals surface area contributed by atoms with Gasteiger partial charge >= 0.3 is 5.97 Å². The van der Waals surface area contributed by atoms with Gasteiger partial charge in [-0.05, 0) is 49.3 Å². The molecule has 0 aliphatic carbocycles. The van der Waals surface area contributed by atoms with Gasteiger partial charge in [0.25, 0.3) is 0 Å². The van der Waals surface area contributed by atoms with E-state index >= 15 is 0 Å². The van der Waals surface area contributed by atoms with Gasteiger partial charge in [0.2, 0.25) is 0 Å². The van der Waals surface area contributed by atoms with E-state index in [2.05, 4.69) is 20.4 Å². The zero-order valence-electron chi connectivity index (χ0n) is 13.6. The lowest BCUT2D eigenvalue weighted by Crippen LogP contribution is -2.29. The zero-order chi connectivity index (χ0) is 17.2. The van der Waals surface area contributed by atoms with E-state index in [9.17, 15) is 4.79 Å². The van der Waals surface area contributed by atoms with Crippen LogP contribution in [0, 0.1) is 0 Å². The smallest absolute Gasteiger partial charge is 0.305 e. The number of methoxy groups -OCH3 is 1. The highest BCUT2D eigenvalue weighted by Crippen LogP contribution is 2.23. The minimum atomic E-state index is -0.152. The Bertz CT molecular complexity index is 642. The molecule has 24 heavy (non-hydrogen) atoms. The van der Waals surface area contributed by atoms with Crippen molar-refractivity contribution >= 4 is 40.3 Å². The molecular weight excluding hydrogens is 342 g/mol. The first-order valence-corrected chi connectivity index (χ1v) is 9.09. The van der Waals surface area contributed by atoms with Crippen LogP contribution in [0.4, 0.5) is 5.69 Å². The Kier molecular flexibility index (Phi) is 7.64. The van der Waals surface area contributed by atoms with Crippen molar-refractivity contribution in [1.82, 2.24) is 10.3 Å². The van der Waals surface area contributed by atoms with Crippen LogP contribution in [-0.2, 0) is 9.53 Å². The molecule has 5 nitrogen and oxygen atoms in total. The Hall–Kier alpha value is -1.99. The van der Waals surface area contributed by atoms with Gasteiger partial charge in [-0.1, -0.05) is 6.42 Å². The molecule has 2 aromatic rings. The quantitative estimate of drug-likeness (QED) is 0.422. The minimum Gasteiger partial charge on any atom is -0.469 e. The van der Waals surface area contributed by atoms with E-state index < -0.39 is 0 Å². The number of ether oxygens (including phenoxy) is 1. The third-order valence-electron chi connectivity index (χ3n) is 3.39. The standard InChI is InChI=1S/C17H21N3O2S2/c1-22-15(21)5-3-2-4-10-19-17(23)20-14-8-6-13(7-9-14)16-18-11-12-24-16/h6-9,11-12H,2-5,10H2,1H3,(H2,19,20,23). The van der Waals surface area contributed by atoms with Crippen molar-refractivity contribution in [3.63, 3.8) is 0 Å². The summed E-state index contributed by atoms with van der Waals surface area (Å²) < 4.78 is 4.60. The van der Waals surface area contributed by atoms with Crippen molar-refractivity contribution in [1.29, 1.82) is 0 Å². The van der Waals surface area contributed by atoms with Gasteiger partial charge in [0.15, 0.2) is 5.11 Å². The fourth-order valence-corrected chi connectivity index (χ4v) is 2.98. The van der Waals surface area contributed by atoms with E-state index in [0.29, 0.717) is 11.5 Å².